The number of benzene rings is 3. The van der Waals surface area contributed by atoms with E-state index in [1.54, 1.807) is 6.21 Å². The average Bonchev–Trinajstić information content (AvgIpc) is 3.27. The molecule has 0 saturated carbocycles. The van der Waals surface area contributed by atoms with Crippen LogP contribution in [-0.4, -0.2) is 32.6 Å². The summed E-state index contributed by atoms with van der Waals surface area (Å²) in [6, 6.07) is 25.2. The van der Waals surface area contributed by atoms with E-state index in [1.807, 2.05) is 90.4 Å². The molecule has 172 valence electrons. The van der Waals surface area contributed by atoms with E-state index in [-0.39, 0.29) is 18.3 Å². The van der Waals surface area contributed by atoms with Crippen LogP contribution >= 0.6 is 27.7 Å². The van der Waals surface area contributed by atoms with Crippen molar-refractivity contribution in [2.75, 3.05) is 5.75 Å². The lowest BCUT2D eigenvalue weighted by Crippen LogP contribution is -2.20. The van der Waals surface area contributed by atoms with E-state index in [4.69, 9.17) is 4.74 Å². The molecule has 0 aliphatic heterocycles. The minimum atomic E-state index is -0.238. The summed E-state index contributed by atoms with van der Waals surface area (Å²) in [6.45, 7) is 2.27. The maximum atomic E-state index is 12.3. The van der Waals surface area contributed by atoms with Crippen LogP contribution in [0.15, 0.2) is 93.6 Å². The molecule has 4 rings (SSSR count). The minimum absolute atomic E-state index is 0.140. The van der Waals surface area contributed by atoms with Crippen molar-refractivity contribution in [2.45, 2.75) is 18.7 Å². The highest BCUT2D eigenvalue weighted by molar-refractivity contribution is 9.10. The Morgan fingerprint density at radius 3 is 2.53 bits per heavy atom. The zero-order chi connectivity index (χ0) is 23.8. The molecule has 0 fully saturated rings. The first-order valence-corrected chi connectivity index (χ1v) is 12.3. The van der Waals surface area contributed by atoms with Crippen LogP contribution < -0.4 is 10.2 Å². The van der Waals surface area contributed by atoms with Crippen LogP contribution in [0, 0.1) is 6.92 Å². The summed E-state index contributed by atoms with van der Waals surface area (Å²) >= 11 is 4.67. The first-order chi connectivity index (χ1) is 16.6. The monoisotopic (exact) mass is 535 g/mol. The van der Waals surface area contributed by atoms with E-state index in [0.29, 0.717) is 11.0 Å². The molecular weight excluding hydrogens is 514 g/mol. The summed E-state index contributed by atoms with van der Waals surface area (Å²) in [6.07, 6.45) is 1.60. The number of thioether (sulfide) groups is 1. The van der Waals surface area contributed by atoms with E-state index in [1.165, 1.54) is 11.8 Å². The van der Waals surface area contributed by atoms with E-state index >= 15 is 0 Å². The summed E-state index contributed by atoms with van der Waals surface area (Å²) in [7, 11) is 0. The Morgan fingerprint density at radius 1 is 1.06 bits per heavy atom. The van der Waals surface area contributed by atoms with Crippen LogP contribution in [0.2, 0.25) is 0 Å². The van der Waals surface area contributed by atoms with Crippen LogP contribution in [0.25, 0.3) is 5.69 Å². The fraction of sp³-hybridized carbons (Fsp3) is 0.120. The molecule has 0 bridgehead atoms. The Hall–Kier alpha value is -3.43. The number of rotatable bonds is 9. The van der Waals surface area contributed by atoms with Crippen molar-refractivity contribution in [3.8, 4) is 11.4 Å². The molecule has 0 aliphatic carbocycles. The molecular formula is C25H22BrN5O2S. The molecule has 0 radical (unpaired) electrons. The zero-order valence-corrected chi connectivity index (χ0v) is 20.8. The number of aryl methyl sites for hydroxylation is 1. The van der Waals surface area contributed by atoms with Crippen LogP contribution in [0.4, 0.5) is 0 Å². The molecule has 7 nitrogen and oxygen atoms in total. The molecule has 1 N–H and O–H groups in total. The van der Waals surface area contributed by atoms with Gasteiger partial charge < -0.3 is 4.74 Å². The van der Waals surface area contributed by atoms with E-state index in [9.17, 15) is 4.79 Å². The van der Waals surface area contributed by atoms with Gasteiger partial charge >= 0.3 is 0 Å². The zero-order valence-electron chi connectivity index (χ0n) is 18.4. The smallest absolute Gasteiger partial charge is 0.250 e. The van der Waals surface area contributed by atoms with Gasteiger partial charge in [0.25, 0.3) is 5.91 Å². The summed E-state index contributed by atoms with van der Waals surface area (Å²) in [5.41, 5.74) is 5.50. The van der Waals surface area contributed by atoms with E-state index in [2.05, 4.69) is 36.7 Å². The van der Waals surface area contributed by atoms with Crippen LogP contribution in [0.5, 0.6) is 5.75 Å². The highest BCUT2D eigenvalue weighted by Crippen LogP contribution is 2.23. The number of carbonyl (C=O) groups is 1. The average molecular weight is 536 g/mol. The van der Waals surface area contributed by atoms with Gasteiger partial charge in [0.2, 0.25) is 0 Å². The predicted octanol–water partition coefficient (Wildman–Crippen LogP) is 5.16. The van der Waals surface area contributed by atoms with Gasteiger partial charge in [0, 0.05) is 10.2 Å². The number of aromatic nitrogens is 3. The summed E-state index contributed by atoms with van der Waals surface area (Å²) in [5.74, 6) is 1.30. The Bertz CT molecular complexity index is 1260. The lowest BCUT2D eigenvalue weighted by atomic mass is 10.2. The molecule has 34 heavy (non-hydrogen) atoms. The number of para-hydroxylation sites is 1. The third-order valence-corrected chi connectivity index (χ3v) is 6.17. The second kappa shape index (κ2) is 11.6. The number of nitrogens with zero attached hydrogens (tertiary/aromatic N) is 4. The lowest BCUT2D eigenvalue weighted by Gasteiger charge is -2.11. The molecule has 0 aliphatic rings. The van der Waals surface area contributed by atoms with Gasteiger partial charge in [0.1, 0.15) is 12.4 Å². The van der Waals surface area contributed by atoms with Gasteiger partial charge in [-0.15, -0.1) is 10.2 Å². The number of amides is 1. The number of hydrogen-bond donors (Lipinski definition) is 1. The van der Waals surface area contributed by atoms with Crippen molar-refractivity contribution in [1.29, 1.82) is 0 Å². The Balaban J connectivity index is 1.42. The Labute approximate surface area is 210 Å². The second-order valence-electron chi connectivity index (χ2n) is 7.30. The van der Waals surface area contributed by atoms with Crippen molar-refractivity contribution in [2.24, 2.45) is 5.10 Å². The summed E-state index contributed by atoms with van der Waals surface area (Å²) in [4.78, 5) is 12.3. The van der Waals surface area contributed by atoms with Gasteiger partial charge in [-0.05, 0) is 48.9 Å². The van der Waals surface area contributed by atoms with Crippen LogP contribution in [0.1, 0.15) is 17.0 Å². The van der Waals surface area contributed by atoms with Crippen LogP contribution in [0.3, 0.4) is 0 Å². The van der Waals surface area contributed by atoms with Gasteiger partial charge in [0.05, 0.1) is 12.0 Å². The SMILES string of the molecule is Cc1ccc(OCc2nnc(SCC(=O)N/N=C/c3ccc(Br)cc3)n2-c2ccccc2)cc1. The van der Waals surface area contributed by atoms with E-state index in [0.717, 1.165) is 27.0 Å². The molecule has 9 heteroatoms. The fourth-order valence-electron chi connectivity index (χ4n) is 3.00. The standard InChI is InChI=1S/C25H22BrN5O2S/c1-18-7-13-22(14-8-18)33-16-23-28-30-25(31(23)21-5-3-2-4-6-21)34-17-24(32)29-27-15-19-9-11-20(26)12-10-19/h2-15H,16-17H2,1H3,(H,29,32)/b27-15+. The number of ether oxygens (including phenoxy) is 1. The molecule has 0 saturated heterocycles. The molecule has 0 atom stereocenters. The van der Waals surface area contributed by atoms with Crippen molar-refractivity contribution in [3.05, 3.63) is 100 Å². The highest BCUT2D eigenvalue weighted by atomic mass is 79.9. The van der Waals surface area contributed by atoms with Crippen molar-refractivity contribution in [1.82, 2.24) is 20.2 Å². The fourth-order valence-corrected chi connectivity index (χ4v) is 4.02. The molecule has 4 aromatic rings. The number of carbonyl (C=O) groups excluding carboxylic acids is 1. The maximum Gasteiger partial charge on any atom is 0.250 e. The Morgan fingerprint density at radius 2 is 1.79 bits per heavy atom. The minimum Gasteiger partial charge on any atom is -0.486 e. The van der Waals surface area contributed by atoms with Gasteiger partial charge in [-0.25, -0.2) is 5.43 Å². The van der Waals surface area contributed by atoms with Crippen molar-refractivity contribution in [3.63, 3.8) is 0 Å². The maximum absolute atomic E-state index is 12.3. The first kappa shape index (κ1) is 23.7. The van der Waals surface area contributed by atoms with Gasteiger partial charge in [0.15, 0.2) is 11.0 Å². The molecule has 0 unspecified atom stereocenters. The summed E-state index contributed by atoms with van der Waals surface area (Å²) < 4.78 is 8.80. The largest absolute Gasteiger partial charge is 0.486 e. The van der Waals surface area contributed by atoms with Crippen molar-refractivity contribution >= 4 is 39.8 Å². The molecule has 3 aromatic carbocycles. The van der Waals surface area contributed by atoms with Gasteiger partial charge in [-0.2, -0.15) is 5.10 Å². The molecule has 1 aromatic heterocycles. The third kappa shape index (κ3) is 6.55. The molecule has 0 spiro atoms. The number of nitrogens with one attached hydrogen (secondary N) is 1. The summed E-state index contributed by atoms with van der Waals surface area (Å²) in [5, 5.41) is 13.2. The van der Waals surface area contributed by atoms with Gasteiger partial charge in [-0.1, -0.05) is 75.7 Å². The third-order valence-electron chi connectivity index (χ3n) is 4.71. The number of hydrazone groups is 1. The number of hydrogen-bond acceptors (Lipinski definition) is 6. The van der Waals surface area contributed by atoms with Crippen molar-refractivity contribution < 1.29 is 9.53 Å². The number of halogens is 1. The second-order valence-corrected chi connectivity index (χ2v) is 9.16. The quantitative estimate of drug-likeness (QED) is 0.182. The first-order valence-electron chi connectivity index (χ1n) is 10.5. The topological polar surface area (TPSA) is 81.4 Å². The van der Waals surface area contributed by atoms with Gasteiger partial charge in [-0.3, -0.25) is 9.36 Å². The van der Waals surface area contributed by atoms with Crippen LogP contribution in [-0.2, 0) is 11.4 Å². The predicted molar refractivity (Wildman–Crippen MR) is 137 cm³/mol. The van der Waals surface area contributed by atoms with E-state index < -0.39 is 0 Å². The highest BCUT2D eigenvalue weighted by Gasteiger charge is 2.16. The lowest BCUT2D eigenvalue weighted by molar-refractivity contribution is -0.118. The molecule has 1 heterocycles. The normalized spacial score (nSPS) is 11.0. The Kier molecular flexibility index (Phi) is 8.11. The molecule has 1 amide bonds.